The number of thioether (sulfide) groups is 1. The summed E-state index contributed by atoms with van der Waals surface area (Å²) in [4.78, 5) is 13.5. The normalized spacial score (nSPS) is 12.3. The Labute approximate surface area is 140 Å². The molecule has 0 aliphatic heterocycles. The third-order valence-electron chi connectivity index (χ3n) is 3.16. The number of carbonyl (C=O) groups is 1. The maximum atomic E-state index is 12.9. The molecule has 3 aromatic rings. The van der Waals surface area contributed by atoms with E-state index >= 15 is 0 Å². The summed E-state index contributed by atoms with van der Waals surface area (Å²) >= 11 is 2.92. The van der Waals surface area contributed by atoms with Gasteiger partial charge in [0.25, 0.3) is 0 Å². The molecule has 0 amide bonds. The monoisotopic (exact) mass is 348 g/mol. The smallest absolute Gasteiger partial charge is 0.210 e. The number of hydrogen-bond donors (Lipinski definition) is 0. The highest BCUT2D eigenvalue weighted by Crippen LogP contribution is 2.24. The Morgan fingerprint density at radius 2 is 2.13 bits per heavy atom. The predicted molar refractivity (Wildman–Crippen MR) is 87.3 cm³/mol. The Morgan fingerprint density at radius 1 is 1.35 bits per heavy atom. The average molecular weight is 348 g/mol. The van der Waals surface area contributed by atoms with Gasteiger partial charge in [0.15, 0.2) is 5.78 Å². The fraction of sp³-hybridized carbons (Fsp3) is 0.200. The van der Waals surface area contributed by atoms with Crippen molar-refractivity contribution in [2.75, 3.05) is 0 Å². The summed E-state index contributed by atoms with van der Waals surface area (Å²) in [7, 11) is 0. The maximum Gasteiger partial charge on any atom is 0.210 e. The van der Waals surface area contributed by atoms with Crippen LogP contribution in [-0.4, -0.2) is 31.2 Å². The minimum atomic E-state index is -0.367. The molecule has 0 aliphatic carbocycles. The number of benzene rings is 1. The van der Waals surface area contributed by atoms with Crippen LogP contribution in [0.4, 0.5) is 4.39 Å². The van der Waals surface area contributed by atoms with E-state index in [1.54, 1.807) is 22.9 Å². The van der Waals surface area contributed by atoms with Crippen molar-refractivity contribution in [3.8, 4) is 0 Å². The molecule has 0 fully saturated rings. The average Bonchev–Trinajstić information content (AvgIpc) is 3.20. The van der Waals surface area contributed by atoms with Gasteiger partial charge in [-0.05, 0) is 53.1 Å². The molecular formula is C15H13FN4OS2. The summed E-state index contributed by atoms with van der Waals surface area (Å²) in [5.74, 6) is -0.442. The molecule has 5 nitrogen and oxygen atoms in total. The first-order valence-corrected chi connectivity index (χ1v) is 8.64. The van der Waals surface area contributed by atoms with Crippen molar-refractivity contribution in [2.24, 2.45) is 0 Å². The molecule has 0 radical (unpaired) electrons. The van der Waals surface area contributed by atoms with E-state index in [-0.39, 0.29) is 16.9 Å². The van der Waals surface area contributed by atoms with Crippen LogP contribution in [0.15, 0.2) is 46.9 Å². The van der Waals surface area contributed by atoms with E-state index in [1.807, 2.05) is 17.5 Å². The molecule has 23 heavy (non-hydrogen) atoms. The van der Waals surface area contributed by atoms with Gasteiger partial charge in [-0.25, -0.2) is 9.07 Å². The lowest BCUT2D eigenvalue weighted by Gasteiger charge is -2.09. The molecule has 0 spiro atoms. The van der Waals surface area contributed by atoms with Gasteiger partial charge in [-0.15, -0.1) is 16.4 Å². The second kappa shape index (κ2) is 7.01. The SMILES string of the molecule is C[C@H](Sc1nnnn1Cc1cccs1)C(=O)c1ccc(F)cc1. The molecule has 0 aliphatic rings. The standard InChI is InChI=1S/C15H13FN4OS2/c1-10(14(21)11-4-6-12(16)7-5-11)23-15-17-18-19-20(15)9-13-3-2-8-22-13/h2-8,10H,9H2,1H3/t10-/m0/s1. The quantitative estimate of drug-likeness (QED) is 0.505. The van der Waals surface area contributed by atoms with Crippen molar-refractivity contribution in [1.82, 2.24) is 20.2 Å². The van der Waals surface area contributed by atoms with Crippen molar-refractivity contribution in [2.45, 2.75) is 23.9 Å². The summed E-state index contributed by atoms with van der Waals surface area (Å²) in [5, 5.41) is 13.8. The first-order valence-electron chi connectivity index (χ1n) is 6.88. The summed E-state index contributed by atoms with van der Waals surface area (Å²) in [6.07, 6.45) is 0. The van der Waals surface area contributed by atoms with E-state index in [0.29, 0.717) is 17.3 Å². The first-order chi connectivity index (χ1) is 11.1. The third kappa shape index (κ3) is 3.83. The lowest BCUT2D eigenvalue weighted by atomic mass is 10.1. The fourth-order valence-electron chi connectivity index (χ4n) is 1.99. The molecule has 0 saturated carbocycles. The van der Waals surface area contributed by atoms with Gasteiger partial charge in [-0.1, -0.05) is 17.8 Å². The second-order valence-electron chi connectivity index (χ2n) is 4.83. The van der Waals surface area contributed by atoms with Crippen LogP contribution in [0, 0.1) is 5.82 Å². The summed E-state index contributed by atoms with van der Waals surface area (Å²) in [6, 6.07) is 9.52. The first kappa shape index (κ1) is 15.8. The topological polar surface area (TPSA) is 60.7 Å². The van der Waals surface area contributed by atoms with Crippen LogP contribution in [0.25, 0.3) is 0 Å². The lowest BCUT2D eigenvalue weighted by Crippen LogP contribution is -2.15. The Balaban J connectivity index is 1.70. The van der Waals surface area contributed by atoms with Gasteiger partial charge in [0.2, 0.25) is 5.16 Å². The minimum Gasteiger partial charge on any atom is -0.293 e. The number of nitrogens with zero attached hydrogens (tertiary/aromatic N) is 4. The number of carbonyl (C=O) groups excluding carboxylic acids is 1. The van der Waals surface area contributed by atoms with Crippen molar-refractivity contribution in [1.29, 1.82) is 0 Å². The fourth-order valence-corrected chi connectivity index (χ4v) is 3.54. The summed E-state index contributed by atoms with van der Waals surface area (Å²) in [6.45, 7) is 2.37. The van der Waals surface area contributed by atoms with Gasteiger partial charge in [-0.3, -0.25) is 4.79 Å². The van der Waals surface area contributed by atoms with Crippen LogP contribution in [0.5, 0.6) is 0 Å². The zero-order valence-corrected chi connectivity index (χ0v) is 13.9. The third-order valence-corrected chi connectivity index (χ3v) is 5.10. The Hall–Kier alpha value is -2.06. The van der Waals surface area contributed by atoms with Gasteiger partial charge in [-0.2, -0.15) is 0 Å². The molecule has 0 bridgehead atoms. The van der Waals surface area contributed by atoms with E-state index in [9.17, 15) is 9.18 Å². The molecule has 1 atom stereocenters. The zero-order valence-electron chi connectivity index (χ0n) is 12.2. The molecular weight excluding hydrogens is 335 g/mol. The number of halogens is 1. The molecule has 2 aromatic heterocycles. The van der Waals surface area contributed by atoms with E-state index in [4.69, 9.17) is 0 Å². The van der Waals surface area contributed by atoms with E-state index < -0.39 is 0 Å². The minimum absolute atomic E-state index is 0.0827. The molecule has 0 saturated heterocycles. The number of rotatable bonds is 6. The number of ketones is 1. The van der Waals surface area contributed by atoms with Gasteiger partial charge < -0.3 is 0 Å². The Morgan fingerprint density at radius 3 is 2.83 bits per heavy atom. The van der Waals surface area contributed by atoms with Gasteiger partial charge in [0, 0.05) is 10.4 Å². The number of Topliss-reactive ketones (excluding diaryl/α,β-unsaturated/α-hetero) is 1. The Kier molecular flexibility index (Phi) is 4.82. The van der Waals surface area contributed by atoms with Crippen LogP contribution in [0.2, 0.25) is 0 Å². The van der Waals surface area contributed by atoms with Crippen LogP contribution in [0.3, 0.4) is 0 Å². The Bertz CT molecular complexity index is 786. The maximum absolute atomic E-state index is 12.9. The van der Waals surface area contributed by atoms with Gasteiger partial charge in [0.1, 0.15) is 5.82 Å². The zero-order chi connectivity index (χ0) is 16.2. The molecule has 3 rings (SSSR count). The van der Waals surface area contributed by atoms with E-state index in [0.717, 1.165) is 4.88 Å². The van der Waals surface area contributed by atoms with Crippen molar-refractivity contribution in [3.63, 3.8) is 0 Å². The lowest BCUT2D eigenvalue weighted by molar-refractivity contribution is 0.0994. The molecule has 1 aromatic carbocycles. The number of aromatic nitrogens is 4. The van der Waals surface area contributed by atoms with Crippen LogP contribution in [0.1, 0.15) is 22.2 Å². The van der Waals surface area contributed by atoms with Crippen LogP contribution in [-0.2, 0) is 6.54 Å². The highest BCUT2D eigenvalue weighted by Gasteiger charge is 2.20. The van der Waals surface area contributed by atoms with Crippen LogP contribution < -0.4 is 0 Å². The number of hydrogen-bond acceptors (Lipinski definition) is 6. The highest BCUT2D eigenvalue weighted by molar-refractivity contribution is 8.00. The van der Waals surface area contributed by atoms with E-state index in [1.165, 1.54) is 36.0 Å². The summed E-state index contributed by atoms with van der Waals surface area (Å²) < 4.78 is 14.6. The number of tetrazole rings is 1. The van der Waals surface area contributed by atoms with Crippen LogP contribution >= 0.6 is 23.1 Å². The van der Waals surface area contributed by atoms with Gasteiger partial charge >= 0.3 is 0 Å². The number of thiophene rings is 1. The van der Waals surface area contributed by atoms with Crippen molar-refractivity contribution in [3.05, 3.63) is 58.0 Å². The molecule has 0 N–H and O–H groups in total. The van der Waals surface area contributed by atoms with Crippen molar-refractivity contribution < 1.29 is 9.18 Å². The second-order valence-corrected chi connectivity index (χ2v) is 7.17. The predicted octanol–water partition coefficient (Wildman–Crippen LogP) is 3.29. The van der Waals surface area contributed by atoms with E-state index in [2.05, 4.69) is 15.5 Å². The molecule has 8 heteroatoms. The van der Waals surface area contributed by atoms with Crippen molar-refractivity contribution >= 4 is 28.9 Å². The summed E-state index contributed by atoms with van der Waals surface area (Å²) in [5.41, 5.74) is 0.476. The largest absolute Gasteiger partial charge is 0.293 e. The molecule has 118 valence electrons. The van der Waals surface area contributed by atoms with Gasteiger partial charge in [0.05, 0.1) is 11.8 Å². The highest BCUT2D eigenvalue weighted by atomic mass is 32.2. The molecule has 0 unspecified atom stereocenters. The molecule has 2 heterocycles.